The summed E-state index contributed by atoms with van der Waals surface area (Å²) in [6.07, 6.45) is 6.61. The average Bonchev–Trinajstić information content (AvgIpc) is 2.77. The van der Waals surface area contributed by atoms with E-state index < -0.39 is 10.0 Å². The first kappa shape index (κ1) is 20.3. The van der Waals surface area contributed by atoms with Crippen LogP contribution in [-0.4, -0.2) is 43.6 Å². The lowest BCUT2D eigenvalue weighted by Crippen LogP contribution is -2.39. The number of aromatic nitrogens is 1. The van der Waals surface area contributed by atoms with Crippen molar-refractivity contribution in [2.45, 2.75) is 12.8 Å². The standard InChI is InChI=1S/C23H24N4O2S/c1-30(28,29)27-9-6-17(7-10-27)15-26-23-13-21(12-20-5-8-25-16-22(20)23)19-4-2-3-18(11-19)14-24/h2-5,8,11-13,16-17,26H,6-7,9-10,15H2,1H3. The number of anilines is 1. The molecule has 0 spiro atoms. The molecule has 0 aliphatic carbocycles. The zero-order valence-electron chi connectivity index (χ0n) is 16.9. The average molecular weight is 421 g/mol. The van der Waals surface area contributed by atoms with E-state index >= 15 is 0 Å². The number of pyridine rings is 1. The normalized spacial score (nSPS) is 15.7. The smallest absolute Gasteiger partial charge is 0.211 e. The Balaban J connectivity index is 1.57. The predicted octanol–water partition coefficient (Wildman–Crippen LogP) is 3.86. The molecule has 2 aromatic carbocycles. The van der Waals surface area contributed by atoms with Crippen molar-refractivity contribution in [1.82, 2.24) is 9.29 Å². The minimum absolute atomic E-state index is 0.417. The van der Waals surface area contributed by atoms with Crippen LogP contribution in [0.25, 0.3) is 21.9 Å². The molecule has 0 atom stereocenters. The molecule has 7 heteroatoms. The molecule has 2 heterocycles. The number of piperidine rings is 1. The predicted molar refractivity (Wildman–Crippen MR) is 120 cm³/mol. The number of nitrogens with zero attached hydrogens (tertiary/aromatic N) is 3. The second kappa shape index (κ2) is 8.42. The molecule has 1 N–H and O–H groups in total. The van der Waals surface area contributed by atoms with Crippen LogP contribution in [0.5, 0.6) is 0 Å². The fourth-order valence-corrected chi connectivity index (χ4v) is 4.85. The van der Waals surface area contributed by atoms with Gasteiger partial charge in [0.05, 0.1) is 17.9 Å². The minimum Gasteiger partial charge on any atom is -0.384 e. The molecule has 0 saturated carbocycles. The summed E-state index contributed by atoms with van der Waals surface area (Å²) < 4.78 is 25.0. The number of benzene rings is 2. The second-order valence-electron chi connectivity index (χ2n) is 7.80. The molecule has 3 aromatic rings. The first-order valence-corrected chi connectivity index (χ1v) is 11.9. The van der Waals surface area contributed by atoms with Crippen LogP contribution in [0.15, 0.2) is 54.9 Å². The molecule has 154 valence electrons. The third-order valence-corrected chi connectivity index (χ3v) is 7.01. The Kier molecular flexibility index (Phi) is 5.71. The molecule has 0 radical (unpaired) electrons. The molecule has 1 saturated heterocycles. The van der Waals surface area contributed by atoms with Crippen molar-refractivity contribution in [2.75, 3.05) is 31.2 Å². The lowest BCUT2D eigenvalue weighted by atomic mass is 9.97. The molecule has 0 amide bonds. The maximum atomic E-state index is 11.7. The summed E-state index contributed by atoms with van der Waals surface area (Å²) in [5.74, 6) is 0.417. The second-order valence-corrected chi connectivity index (χ2v) is 9.78. The zero-order chi connectivity index (χ0) is 21.1. The van der Waals surface area contributed by atoms with E-state index in [1.807, 2.05) is 30.5 Å². The van der Waals surface area contributed by atoms with Crippen molar-refractivity contribution in [3.05, 3.63) is 60.4 Å². The van der Waals surface area contributed by atoms with Gasteiger partial charge in [0.1, 0.15) is 0 Å². The van der Waals surface area contributed by atoms with Crippen LogP contribution in [0.4, 0.5) is 5.69 Å². The van der Waals surface area contributed by atoms with Gasteiger partial charge in [-0.1, -0.05) is 12.1 Å². The van der Waals surface area contributed by atoms with Crippen molar-refractivity contribution in [2.24, 2.45) is 5.92 Å². The zero-order valence-corrected chi connectivity index (χ0v) is 17.7. The summed E-state index contributed by atoms with van der Waals surface area (Å²) in [5.41, 5.74) is 3.68. The Hall–Kier alpha value is -2.95. The van der Waals surface area contributed by atoms with Crippen LogP contribution < -0.4 is 5.32 Å². The summed E-state index contributed by atoms with van der Waals surface area (Å²) in [6.45, 7) is 1.94. The lowest BCUT2D eigenvalue weighted by molar-refractivity contribution is 0.283. The number of hydrogen-bond acceptors (Lipinski definition) is 5. The number of nitrogens with one attached hydrogen (secondary N) is 1. The van der Waals surface area contributed by atoms with Crippen LogP contribution in [0.2, 0.25) is 0 Å². The van der Waals surface area contributed by atoms with E-state index in [1.165, 1.54) is 6.26 Å². The Morgan fingerprint density at radius 1 is 1.17 bits per heavy atom. The van der Waals surface area contributed by atoms with Gasteiger partial charge in [-0.25, -0.2) is 12.7 Å². The molecule has 1 aliphatic rings. The van der Waals surface area contributed by atoms with Gasteiger partial charge in [-0.3, -0.25) is 4.98 Å². The maximum absolute atomic E-state index is 11.7. The molecular weight excluding hydrogens is 396 g/mol. The first-order valence-electron chi connectivity index (χ1n) is 10.0. The van der Waals surface area contributed by atoms with E-state index in [9.17, 15) is 13.7 Å². The van der Waals surface area contributed by atoms with E-state index in [0.717, 1.165) is 47.0 Å². The summed E-state index contributed by atoms with van der Waals surface area (Å²) in [5, 5.41) is 14.9. The van der Waals surface area contributed by atoms with Gasteiger partial charge in [-0.05, 0) is 65.6 Å². The summed E-state index contributed by atoms with van der Waals surface area (Å²) in [4.78, 5) is 4.28. The summed E-state index contributed by atoms with van der Waals surface area (Å²) in [6, 6.07) is 16.0. The van der Waals surface area contributed by atoms with Gasteiger partial charge in [0.25, 0.3) is 0 Å². The van der Waals surface area contributed by atoms with Gasteiger partial charge in [0.2, 0.25) is 10.0 Å². The van der Waals surface area contributed by atoms with Crippen molar-refractivity contribution in [3.8, 4) is 17.2 Å². The molecule has 6 nitrogen and oxygen atoms in total. The van der Waals surface area contributed by atoms with Crippen molar-refractivity contribution in [3.63, 3.8) is 0 Å². The summed E-state index contributed by atoms with van der Waals surface area (Å²) >= 11 is 0. The third kappa shape index (κ3) is 4.45. The molecular formula is C23H24N4O2S. The highest BCUT2D eigenvalue weighted by molar-refractivity contribution is 7.88. The molecule has 1 aromatic heterocycles. The van der Waals surface area contributed by atoms with E-state index in [0.29, 0.717) is 24.6 Å². The van der Waals surface area contributed by atoms with Gasteiger partial charge >= 0.3 is 0 Å². The highest BCUT2D eigenvalue weighted by atomic mass is 32.2. The first-order chi connectivity index (χ1) is 14.4. The third-order valence-electron chi connectivity index (χ3n) is 5.70. The molecule has 0 unspecified atom stereocenters. The highest BCUT2D eigenvalue weighted by Gasteiger charge is 2.24. The quantitative estimate of drug-likeness (QED) is 0.677. The maximum Gasteiger partial charge on any atom is 0.211 e. The van der Waals surface area contributed by atoms with E-state index in [2.05, 4.69) is 28.5 Å². The minimum atomic E-state index is -3.11. The monoisotopic (exact) mass is 420 g/mol. The van der Waals surface area contributed by atoms with Crippen LogP contribution in [-0.2, 0) is 10.0 Å². The lowest BCUT2D eigenvalue weighted by Gasteiger charge is -2.30. The van der Waals surface area contributed by atoms with E-state index in [-0.39, 0.29) is 0 Å². The van der Waals surface area contributed by atoms with Crippen molar-refractivity contribution >= 4 is 26.5 Å². The largest absolute Gasteiger partial charge is 0.384 e. The van der Waals surface area contributed by atoms with Crippen LogP contribution in [0.1, 0.15) is 18.4 Å². The number of rotatable bonds is 5. The topological polar surface area (TPSA) is 86.1 Å². The van der Waals surface area contributed by atoms with Gasteiger partial charge < -0.3 is 5.32 Å². The van der Waals surface area contributed by atoms with Crippen LogP contribution in [0, 0.1) is 17.2 Å². The molecule has 4 rings (SSSR count). The highest BCUT2D eigenvalue weighted by Crippen LogP contribution is 2.31. The fraction of sp³-hybridized carbons (Fsp3) is 0.304. The van der Waals surface area contributed by atoms with Crippen LogP contribution in [0.3, 0.4) is 0 Å². The number of sulfonamides is 1. The Morgan fingerprint density at radius 3 is 2.70 bits per heavy atom. The van der Waals surface area contributed by atoms with E-state index in [4.69, 9.17) is 0 Å². The van der Waals surface area contributed by atoms with E-state index in [1.54, 1.807) is 16.6 Å². The number of hydrogen-bond donors (Lipinski definition) is 1. The number of nitriles is 1. The van der Waals surface area contributed by atoms with Gasteiger partial charge in [0, 0.05) is 43.1 Å². The SMILES string of the molecule is CS(=O)(=O)N1CCC(CNc2cc(-c3cccc(C#N)c3)cc3ccncc23)CC1. The molecule has 0 bridgehead atoms. The van der Waals surface area contributed by atoms with Crippen molar-refractivity contribution in [1.29, 1.82) is 5.26 Å². The van der Waals surface area contributed by atoms with Gasteiger partial charge in [0.15, 0.2) is 0 Å². The van der Waals surface area contributed by atoms with Gasteiger partial charge in [-0.15, -0.1) is 0 Å². The summed E-state index contributed by atoms with van der Waals surface area (Å²) in [7, 11) is -3.11. The Bertz CT molecular complexity index is 1210. The van der Waals surface area contributed by atoms with Gasteiger partial charge in [-0.2, -0.15) is 5.26 Å². The number of fused-ring (bicyclic) bond motifs is 1. The van der Waals surface area contributed by atoms with Crippen molar-refractivity contribution < 1.29 is 8.42 Å². The molecule has 30 heavy (non-hydrogen) atoms. The Morgan fingerprint density at radius 2 is 1.97 bits per heavy atom. The Labute approximate surface area is 177 Å². The molecule has 1 fully saturated rings. The molecule has 1 aliphatic heterocycles. The van der Waals surface area contributed by atoms with Crippen LogP contribution >= 0.6 is 0 Å². The fourth-order valence-electron chi connectivity index (χ4n) is 3.98.